The fraction of sp³-hybridized carbons (Fsp3) is 0.167. The van der Waals surface area contributed by atoms with Gasteiger partial charge in [-0.25, -0.2) is 0 Å². The molecule has 0 aliphatic rings. The number of nitrogens with zero attached hydrogens (tertiary/aromatic N) is 1. The van der Waals surface area contributed by atoms with E-state index in [0.717, 1.165) is 27.6 Å². The number of hydrogen-bond donors (Lipinski definition) is 1. The van der Waals surface area contributed by atoms with Crippen LogP contribution in [-0.2, 0) is 0 Å². The van der Waals surface area contributed by atoms with Gasteiger partial charge >= 0.3 is 0 Å². The third-order valence-corrected chi connectivity index (χ3v) is 3.17. The van der Waals surface area contributed by atoms with E-state index in [1.807, 2.05) is 57.2 Å². The minimum Gasteiger partial charge on any atom is -0.508 e. The van der Waals surface area contributed by atoms with E-state index >= 15 is 0 Å². The van der Waals surface area contributed by atoms with Crippen LogP contribution in [0.2, 0.25) is 0 Å². The second-order valence-electron chi connectivity index (χ2n) is 4.38. The average molecular weight is 265 g/mol. The van der Waals surface area contributed by atoms with E-state index in [-0.39, 0.29) is 0 Å². The van der Waals surface area contributed by atoms with Crippen molar-refractivity contribution in [3.63, 3.8) is 0 Å². The quantitative estimate of drug-likeness (QED) is 0.676. The van der Waals surface area contributed by atoms with Gasteiger partial charge in [-0.05, 0) is 41.8 Å². The van der Waals surface area contributed by atoms with Crippen LogP contribution in [0.1, 0.15) is 19.4 Å². The molecule has 0 fully saturated rings. The Kier molecular flexibility index (Phi) is 4.36. The van der Waals surface area contributed by atoms with Gasteiger partial charge in [0, 0.05) is 11.6 Å². The number of aromatic nitrogens is 1. The Morgan fingerprint density at radius 3 is 2.45 bits per heavy atom. The molecule has 0 atom stereocenters. The highest BCUT2D eigenvalue weighted by atomic mass is 16.3. The maximum absolute atomic E-state index is 9.82. The van der Waals surface area contributed by atoms with E-state index in [4.69, 9.17) is 0 Å². The lowest BCUT2D eigenvalue weighted by Gasteiger charge is -2.07. The number of fused-ring (bicyclic) bond motifs is 1. The van der Waals surface area contributed by atoms with Gasteiger partial charge in [-0.2, -0.15) is 0 Å². The number of benzene rings is 2. The van der Waals surface area contributed by atoms with Crippen LogP contribution in [0.4, 0.5) is 0 Å². The number of para-hydroxylation sites is 1. The van der Waals surface area contributed by atoms with Crippen molar-refractivity contribution in [2.24, 2.45) is 0 Å². The van der Waals surface area contributed by atoms with E-state index in [1.165, 1.54) is 0 Å². The minimum absolute atomic E-state index is 0.327. The average Bonchev–Trinajstić information content (AvgIpc) is 2.51. The monoisotopic (exact) mass is 265 g/mol. The molecule has 0 saturated heterocycles. The highest BCUT2D eigenvalue weighted by molar-refractivity contribution is 5.94. The highest BCUT2D eigenvalue weighted by Gasteiger charge is 2.05. The van der Waals surface area contributed by atoms with Crippen LogP contribution in [0, 0.1) is 6.92 Å². The number of phenols is 1. The second-order valence-corrected chi connectivity index (χ2v) is 4.38. The molecule has 0 bridgehead atoms. The van der Waals surface area contributed by atoms with Crippen molar-refractivity contribution in [2.75, 3.05) is 0 Å². The third kappa shape index (κ3) is 2.64. The van der Waals surface area contributed by atoms with Crippen molar-refractivity contribution in [1.29, 1.82) is 0 Å². The molecule has 0 aliphatic carbocycles. The van der Waals surface area contributed by atoms with Gasteiger partial charge in [-0.15, -0.1) is 0 Å². The maximum Gasteiger partial charge on any atom is 0.119 e. The zero-order valence-electron chi connectivity index (χ0n) is 12.1. The Morgan fingerprint density at radius 1 is 0.950 bits per heavy atom. The van der Waals surface area contributed by atoms with Crippen molar-refractivity contribution >= 4 is 10.9 Å². The van der Waals surface area contributed by atoms with Gasteiger partial charge in [0.05, 0.1) is 5.52 Å². The second kappa shape index (κ2) is 6.20. The molecule has 2 aromatic carbocycles. The molecule has 1 heterocycles. The van der Waals surface area contributed by atoms with Gasteiger partial charge in [0.25, 0.3) is 0 Å². The lowest BCUT2D eigenvalue weighted by molar-refractivity contribution is 0.471. The molecule has 1 aromatic heterocycles. The molecule has 2 heteroatoms. The lowest BCUT2D eigenvalue weighted by Crippen LogP contribution is -1.84. The molecule has 0 unspecified atom stereocenters. The Labute approximate surface area is 119 Å². The number of hydrogen-bond acceptors (Lipinski definition) is 2. The van der Waals surface area contributed by atoms with E-state index in [0.29, 0.717) is 5.75 Å². The van der Waals surface area contributed by atoms with E-state index in [9.17, 15) is 5.11 Å². The largest absolute Gasteiger partial charge is 0.508 e. The number of aromatic hydroxyl groups is 1. The summed E-state index contributed by atoms with van der Waals surface area (Å²) in [7, 11) is 0. The molecule has 1 N–H and O–H groups in total. The molecule has 0 aliphatic heterocycles. The molecular weight excluding hydrogens is 246 g/mol. The van der Waals surface area contributed by atoms with Crippen LogP contribution in [0.5, 0.6) is 5.75 Å². The Morgan fingerprint density at radius 2 is 1.70 bits per heavy atom. The molecule has 0 spiro atoms. The lowest BCUT2D eigenvalue weighted by atomic mass is 10.00. The minimum atomic E-state index is 0.327. The van der Waals surface area contributed by atoms with Gasteiger partial charge in [0.15, 0.2) is 0 Å². The molecule has 0 radical (unpaired) electrons. The first-order valence-electron chi connectivity index (χ1n) is 6.89. The standard InChI is InChI=1S/C16H13NO.C2H6/c1-11-6-7-12(10-16(11)18)13-8-9-17-15-5-3-2-4-14(13)15;1-2/h2-10,18H,1H3;1-2H3. The number of aryl methyl sites for hydroxylation is 1. The number of pyridine rings is 1. The first-order chi connectivity index (χ1) is 9.75. The van der Waals surface area contributed by atoms with Gasteiger partial charge in [0.1, 0.15) is 5.75 Å². The highest BCUT2D eigenvalue weighted by Crippen LogP contribution is 2.30. The van der Waals surface area contributed by atoms with Gasteiger partial charge < -0.3 is 5.11 Å². The summed E-state index contributed by atoms with van der Waals surface area (Å²) in [5.74, 6) is 0.327. The topological polar surface area (TPSA) is 33.1 Å². The zero-order chi connectivity index (χ0) is 14.5. The summed E-state index contributed by atoms with van der Waals surface area (Å²) >= 11 is 0. The predicted octanol–water partition coefficient (Wildman–Crippen LogP) is 4.94. The summed E-state index contributed by atoms with van der Waals surface area (Å²) in [5, 5.41) is 10.9. The fourth-order valence-electron chi connectivity index (χ4n) is 2.12. The van der Waals surface area contributed by atoms with Crippen LogP contribution < -0.4 is 0 Å². The summed E-state index contributed by atoms with van der Waals surface area (Å²) in [5.41, 5.74) is 3.96. The van der Waals surface area contributed by atoms with Crippen molar-refractivity contribution in [1.82, 2.24) is 4.98 Å². The molecule has 20 heavy (non-hydrogen) atoms. The predicted molar refractivity (Wildman–Crippen MR) is 84.9 cm³/mol. The third-order valence-electron chi connectivity index (χ3n) is 3.17. The maximum atomic E-state index is 9.82. The summed E-state index contributed by atoms with van der Waals surface area (Å²) in [6, 6.07) is 15.8. The van der Waals surface area contributed by atoms with Crippen LogP contribution in [0.25, 0.3) is 22.0 Å². The van der Waals surface area contributed by atoms with Crippen molar-refractivity contribution in [2.45, 2.75) is 20.8 Å². The molecule has 0 saturated carbocycles. The molecule has 102 valence electrons. The van der Waals surface area contributed by atoms with Crippen molar-refractivity contribution < 1.29 is 5.11 Å². The molecule has 3 aromatic rings. The molecule has 0 amide bonds. The SMILES string of the molecule is CC.Cc1ccc(-c2ccnc3ccccc23)cc1O. The first kappa shape index (κ1) is 14.1. The molecule has 3 rings (SSSR count). The van der Waals surface area contributed by atoms with Crippen LogP contribution in [-0.4, -0.2) is 10.1 Å². The zero-order valence-corrected chi connectivity index (χ0v) is 12.1. The fourth-order valence-corrected chi connectivity index (χ4v) is 2.12. The normalized spacial score (nSPS) is 9.95. The van der Waals surface area contributed by atoms with Crippen molar-refractivity contribution in [3.8, 4) is 16.9 Å². The van der Waals surface area contributed by atoms with Gasteiger partial charge in [-0.3, -0.25) is 4.98 Å². The number of rotatable bonds is 1. The number of phenolic OH excluding ortho intramolecular Hbond substituents is 1. The van der Waals surface area contributed by atoms with Gasteiger partial charge in [0.2, 0.25) is 0 Å². The van der Waals surface area contributed by atoms with E-state index in [1.54, 1.807) is 12.3 Å². The summed E-state index contributed by atoms with van der Waals surface area (Å²) in [4.78, 5) is 4.34. The smallest absolute Gasteiger partial charge is 0.119 e. The van der Waals surface area contributed by atoms with Crippen molar-refractivity contribution in [3.05, 3.63) is 60.3 Å². The van der Waals surface area contributed by atoms with Crippen LogP contribution in [0.3, 0.4) is 0 Å². The van der Waals surface area contributed by atoms with E-state index in [2.05, 4.69) is 11.1 Å². The molecular formula is C18H19NO. The summed E-state index contributed by atoms with van der Waals surface area (Å²) in [6.45, 7) is 5.89. The molecule has 2 nitrogen and oxygen atoms in total. The summed E-state index contributed by atoms with van der Waals surface area (Å²) in [6.07, 6.45) is 1.80. The first-order valence-corrected chi connectivity index (χ1v) is 6.89. The van der Waals surface area contributed by atoms with Crippen LogP contribution >= 0.6 is 0 Å². The van der Waals surface area contributed by atoms with Gasteiger partial charge in [-0.1, -0.05) is 44.2 Å². The Bertz CT molecular complexity index is 714. The van der Waals surface area contributed by atoms with Crippen LogP contribution in [0.15, 0.2) is 54.7 Å². The Balaban J connectivity index is 0.000000704. The Hall–Kier alpha value is -2.35. The van der Waals surface area contributed by atoms with E-state index < -0.39 is 0 Å². The summed E-state index contributed by atoms with van der Waals surface area (Å²) < 4.78 is 0.